The first-order valence-corrected chi connectivity index (χ1v) is 7.08. The zero-order valence-corrected chi connectivity index (χ0v) is 12.0. The van der Waals surface area contributed by atoms with E-state index in [2.05, 4.69) is 48.5 Å². The van der Waals surface area contributed by atoms with E-state index in [9.17, 15) is 0 Å². The lowest BCUT2D eigenvalue weighted by Gasteiger charge is -2.37. The van der Waals surface area contributed by atoms with Crippen molar-refractivity contribution in [1.82, 2.24) is 4.90 Å². The number of rotatable bonds is 4. The minimum absolute atomic E-state index is 0.386. The molecule has 0 aliphatic carbocycles. The predicted octanol–water partition coefficient (Wildman–Crippen LogP) is 2.76. The Morgan fingerprint density at radius 2 is 1.80 bits per heavy atom. The van der Waals surface area contributed by atoms with E-state index in [4.69, 9.17) is 4.74 Å². The molecule has 3 atom stereocenters. The SMILES string of the molecule is CC1CN(CC(CBr)C(C)C)CC(C)O1. The second kappa shape index (κ2) is 6.21. The lowest BCUT2D eigenvalue weighted by molar-refractivity contribution is -0.0719. The van der Waals surface area contributed by atoms with Gasteiger partial charge >= 0.3 is 0 Å². The molecule has 0 aromatic carbocycles. The molecule has 0 spiro atoms. The average molecular weight is 278 g/mol. The van der Waals surface area contributed by atoms with Crippen molar-refractivity contribution in [3.8, 4) is 0 Å². The summed E-state index contributed by atoms with van der Waals surface area (Å²) in [7, 11) is 0. The molecule has 1 saturated heterocycles. The minimum Gasteiger partial charge on any atom is -0.373 e. The van der Waals surface area contributed by atoms with E-state index in [0.29, 0.717) is 12.2 Å². The fraction of sp³-hybridized carbons (Fsp3) is 1.00. The van der Waals surface area contributed by atoms with Crippen LogP contribution in [0.1, 0.15) is 27.7 Å². The van der Waals surface area contributed by atoms with Crippen molar-refractivity contribution in [2.45, 2.75) is 39.9 Å². The molecule has 3 heteroatoms. The summed E-state index contributed by atoms with van der Waals surface area (Å²) in [6.45, 7) is 12.3. The number of hydrogen-bond donors (Lipinski definition) is 0. The Kier molecular flexibility index (Phi) is 5.58. The zero-order chi connectivity index (χ0) is 11.4. The summed E-state index contributed by atoms with van der Waals surface area (Å²) in [5, 5.41) is 1.10. The van der Waals surface area contributed by atoms with Gasteiger partial charge in [-0.2, -0.15) is 0 Å². The molecule has 90 valence electrons. The number of nitrogens with zero attached hydrogens (tertiary/aromatic N) is 1. The van der Waals surface area contributed by atoms with Crippen LogP contribution in [0.4, 0.5) is 0 Å². The van der Waals surface area contributed by atoms with E-state index in [-0.39, 0.29) is 0 Å². The number of morpholine rings is 1. The maximum absolute atomic E-state index is 5.74. The smallest absolute Gasteiger partial charge is 0.0678 e. The normalized spacial score (nSPS) is 30.8. The molecule has 0 saturated carbocycles. The van der Waals surface area contributed by atoms with Gasteiger partial charge in [-0.3, -0.25) is 4.90 Å². The van der Waals surface area contributed by atoms with Gasteiger partial charge in [0, 0.05) is 25.0 Å². The van der Waals surface area contributed by atoms with E-state index < -0.39 is 0 Å². The van der Waals surface area contributed by atoms with Crippen molar-refractivity contribution < 1.29 is 4.74 Å². The van der Waals surface area contributed by atoms with Crippen LogP contribution in [-0.4, -0.2) is 42.1 Å². The molecule has 0 aromatic rings. The summed E-state index contributed by atoms with van der Waals surface area (Å²) in [4.78, 5) is 2.55. The van der Waals surface area contributed by atoms with Gasteiger partial charge in [0.05, 0.1) is 12.2 Å². The molecular formula is C12H24BrNO. The molecule has 3 unspecified atom stereocenters. The van der Waals surface area contributed by atoms with Gasteiger partial charge in [0.15, 0.2) is 0 Å². The Balaban J connectivity index is 2.42. The van der Waals surface area contributed by atoms with Crippen molar-refractivity contribution in [2.75, 3.05) is 25.0 Å². The van der Waals surface area contributed by atoms with Crippen molar-refractivity contribution in [3.63, 3.8) is 0 Å². The van der Waals surface area contributed by atoms with Gasteiger partial charge in [0.2, 0.25) is 0 Å². The summed E-state index contributed by atoms with van der Waals surface area (Å²) < 4.78 is 5.74. The molecule has 0 bridgehead atoms. The Morgan fingerprint density at radius 3 is 2.20 bits per heavy atom. The number of hydrogen-bond acceptors (Lipinski definition) is 2. The lowest BCUT2D eigenvalue weighted by atomic mass is 9.97. The quantitative estimate of drug-likeness (QED) is 0.733. The van der Waals surface area contributed by atoms with E-state index in [0.717, 1.165) is 30.3 Å². The van der Waals surface area contributed by atoms with Crippen LogP contribution in [0, 0.1) is 11.8 Å². The Morgan fingerprint density at radius 1 is 1.27 bits per heavy atom. The van der Waals surface area contributed by atoms with E-state index >= 15 is 0 Å². The van der Waals surface area contributed by atoms with Gasteiger partial charge < -0.3 is 4.74 Å². The number of ether oxygens (including phenoxy) is 1. The lowest BCUT2D eigenvalue weighted by Crippen LogP contribution is -2.47. The molecule has 1 aliphatic rings. The fourth-order valence-electron chi connectivity index (χ4n) is 2.20. The second-order valence-corrected chi connectivity index (χ2v) is 5.78. The highest BCUT2D eigenvalue weighted by Gasteiger charge is 2.24. The third kappa shape index (κ3) is 4.41. The number of halogens is 1. The highest BCUT2D eigenvalue weighted by Crippen LogP contribution is 2.18. The van der Waals surface area contributed by atoms with Crippen molar-refractivity contribution in [2.24, 2.45) is 11.8 Å². The molecule has 1 rings (SSSR count). The molecule has 1 fully saturated rings. The minimum atomic E-state index is 0.386. The molecule has 0 aromatic heterocycles. The van der Waals surface area contributed by atoms with Crippen LogP contribution in [-0.2, 0) is 4.74 Å². The van der Waals surface area contributed by atoms with Crippen LogP contribution >= 0.6 is 15.9 Å². The van der Waals surface area contributed by atoms with Gasteiger partial charge in [-0.15, -0.1) is 0 Å². The number of alkyl halides is 1. The average Bonchev–Trinajstić information content (AvgIpc) is 2.12. The van der Waals surface area contributed by atoms with Gasteiger partial charge in [0.1, 0.15) is 0 Å². The highest BCUT2D eigenvalue weighted by molar-refractivity contribution is 9.09. The first-order chi connectivity index (χ1) is 7.02. The third-order valence-corrected chi connectivity index (χ3v) is 3.96. The van der Waals surface area contributed by atoms with E-state index in [1.54, 1.807) is 0 Å². The standard InChI is InChI=1S/C12H24BrNO/c1-9(2)12(5-13)8-14-6-10(3)15-11(4)7-14/h9-12H,5-8H2,1-4H3. The van der Waals surface area contributed by atoms with Gasteiger partial charge in [0.25, 0.3) is 0 Å². The molecule has 2 nitrogen and oxygen atoms in total. The first kappa shape index (κ1) is 13.5. The topological polar surface area (TPSA) is 12.5 Å². The third-order valence-electron chi connectivity index (χ3n) is 3.13. The van der Waals surface area contributed by atoms with Gasteiger partial charge in [-0.25, -0.2) is 0 Å². The Labute approximate surface area is 102 Å². The summed E-state index contributed by atoms with van der Waals surface area (Å²) in [6, 6.07) is 0. The maximum atomic E-state index is 5.74. The molecule has 0 amide bonds. The molecule has 1 aliphatic heterocycles. The largest absolute Gasteiger partial charge is 0.373 e. The monoisotopic (exact) mass is 277 g/mol. The summed E-state index contributed by atoms with van der Waals surface area (Å²) in [6.07, 6.45) is 0.772. The van der Waals surface area contributed by atoms with Crippen molar-refractivity contribution >= 4 is 15.9 Å². The van der Waals surface area contributed by atoms with Crippen LogP contribution in [0.5, 0.6) is 0 Å². The van der Waals surface area contributed by atoms with E-state index in [1.807, 2.05) is 0 Å². The summed E-state index contributed by atoms with van der Waals surface area (Å²) in [5.74, 6) is 1.50. The molecular weight excluding hydrogens is 254 g/mol. The zero-order valence-electron chi connectivity index (χ0n) is 10.4. The summed E-state index contributed by atoms with van der Waals surface area (Å²) >= 11 is 3.62. The molecule has 0 radical (unpaired) electrons. The first-order valence-electron chi connectivity index (χ1n) is 5.96. The van der Waals surface area contributed by atoms with E-state index in [1.165, 1.54) is 6.54 Å². The van der Waals surface area contributed by atoms with Gasteiger partial charge in [-0.1, -0.05) is 29.8 Å². The predicted molar refractivity (Wildman–Crippen MR) is 68.6 cm³/mol. The second-order valence-electron chi connectivity index (χ2n) is 5.13. The van der Waals surface area contributed by atoms with Crippen molar-refractivity contribution in [3.05, 3.63) is 0 Å². The van der Waals surface area contributed by atoms with Crippen LogP contribution in [0.15, 0.2) is 0 Å². The highest BCUT2D eigenvalue weighted by atomic mass is 79.9. The fourth-order valence-corrected chi connectivity index (χ4v) is 3.16. The molecule has 1 heterocycles. The maximum Gasteiger partial charge on any atom is 0.0678 e. The van der Waals surface area contributed by atoms with Gasteiger partial charge in [-0.05, 0) is 25.7 Å². The molecule has 15 heavy (non-hydrogen) atoms. The van der Waals surface area contributed by atoms with Crippen molar-refractivity contribution in [1.29, 1.82) is 0 Å². The van der Waals surface area contributed by atoms with Crippen LogP contribution in [0.2, 0.25) is 0 Å². The van der Waals surface area contributed by atoms with Crippen LogP contribution in [0.25, 0.3) is 0 Å². The molecule has 0 N–H and O–H groups in total. The van der Waals surface area contributed by atoms with Crippen LogP contribution in [0.3, 0.4) is 0 Å². The Hall–Kier alpha value is 0.400. The van der Waals surface area contributed by atoms with Crippen LogP contribution < -0.4 is 0 Å². The summed E-state index contributed by atoms with van der Waals surface area (Å²) in [5.41, 5.74) is 0. The Bertz CT molecular complexity index is 176.